The van der Waals surface area contributed by atoms with Gasteiger partial charge in [-0.25, -0.2) is 13.2 Å². The van der Waals surface area contributed by atoms with Crippen molar-refractivity contribution < 1.29 is 27.4 Å². The summed E-state index contributed by atoms with van der Waals surface area (Å²) in [4.78, 5) is 14.0. The smallest absolute Gasteiger partial charge is 0.251 e. The molecule has 2 heterocycles. The zero-order valence-electron chi connectivity index (χ0n) is 13.0. The summed E-state index contributed by atoms with van der Waals surface area (Å²) in [7, 11) is 0. The zero-order valence-corrected chi connectivity index (χ0v) is 13.0. The Morgan fingerprint density at radius 1 is 1.38 bits per heavy atom. The van der Waals surface area contributed by atoms with Crippen molar-refractivity contribution in [3.05, 3.63) is 29.6 Å². The predicted molar refractivity (Wildman–Crippen MR) is 79.6 cm³/mol. The van der Waals surface area contributed by atoms with Crippen LogP contribution in [0.3, 0.4) is 0 Å². The molecule has 3 rings (SSSR count). The lowest BCUT2D eigenvalue weighted by molar-refractivity contribution is -0.134. The molecule has 24 heavy (non-hydrogen) atoms. The van der Waals surface area contributed by atoms with Gasteiger partial charge in [0.2, 0.25) is 5.91 Å². The molecule has 8 heteroatoms. The van der Waals surface area contributed by atoms with Crippen LogP contribution in [0.15, 0.2) is 18.2 Å². The van der Waals surface area contributed by atoms with E-state index in [1.54, 1.807) is 0 Å². The van der Waals surface area contributed by atoms with Crippen LogP contribution in [0.4, 0.5) is 13.2 Å². The lowest BCUT2D eigenvalue weighted by atomic mass is 9.99. The number of hydrogen-bond donors (Lipinski definition) is 1. The molecule has 0 spiro atoms. The number of halogens is 3. The highest BCUT2D eigenvalue weighted by Crippen LogP contribution is 2.32. The van der Waals surface area contributed by atoms with Gasteiger partial charge in [0.15, 0.2) is 0 Å². The van der Waals surface area contributed by atoms with Crippen molar-refractivity contribution in [1.82, 2.24) is 10.2 Å². The van der Waals surface area contributed by atoms with Crippen LogP contribution in [0.1, 0.15) is 18.0 Å². The van der Waals surface area contributed by atoms with Crippen LogP contribution >= 0.6 is 0 Å². The third-order valence-corrected chi connectivity index (χ3v) is 4.24. The number of morpholine rings is 1. The van der Waals surface area contributed by atoms with Gasteiger partial charge >= 0.3 is 0 Å². The molecule has 1 amide bonds. The fourth-order valence-corrected chi connectivity index (χ4v) is 3.06. The first-order valence-corrected chi connectivity index (χ1v) is 7.87. The van der Waals surface area contributed by atoms with E-state index in [9.17, 15) is 18.0 Å². The standard InChI is InChI=1S/C16H19F3N2O3/c17-10-1-2-14-11(7-10)12(3-5-24-14)20-16(22)13-9-23-6-4-21(13)8-15(18)19/h1-2,7,12-13,15H,3-6,8-9H2,(H,20,22). The maximum Gasteiger partial charge on any atom is 0.251 e. The van der Waals surface area contributed by atoms with Gasteiger partial charge in [-0.05, 0) is 18.2 Å². The van der Waals surface area contributed by atoms with Crippen molar-refractivity contribution in [3.63, 3.8) is 0 Å². The van der Waals surface area contributed by atoms with Gasteiger partial charge in [0.05, 0.1) is 32.4 Å². The molecule has 0 aliphatic carbocycles. The Bertz CT molecular complexity index is 600. The van der Waals surface area contributed by atoms with Gasteiger partial charge in [0.1, 0.15) is 17.6 Å². The number of ether oxygens (including phenoxy) is 2. The molecule has 1 fully saturated rings. The van der Waals surface area contributed by atoms with Crippen molar-refractivity contribution >= 4 is 5.91 Å². The predicted octanol–water partition coefficient (Wildman–Crippen LogP) is 1.73. The van der Waals surface area contributed by atoms with E-state index in [1.807, 2.05) is 0 Å². The minimum atomic E-state index is -2.52. The molecular formula is C16H19F3N2O3. The van der Waals surface area contributed by atoms with Crippen molar-refractivity contribution in [2.45, 2.75) is 24.9 Å². The molecule has 2 aliphatic rings. The van der Waals surface area contributed by atoms with Gasteiger partial charge in [-0.1, -0.05) is 0 Å². The Morgan fingerprint density at radius 2 is 2.21 bits per heavy atom. The summed E-state index contributed by atoms with van der Waals surface area (Å²) in [5.41, 5.74) is 0.562. The van der Waals surface area contributed by atoms with E-state index in [0.717, 1.165) is 0 Å². The molecule has 1 aromatic carbocycles. The Labute approximate surface area is 137 Å². The fourth-order valence-electron chi connectivity index (χ4n) is 3.06. The van der Waals surface area contributed by atoms with Gasteiger partial charge in [-0.3, -0.25) is 9.69 Å². The molecule has 1 N–H and O–H groups in total. The molecule has 0 bridgehead atoms. The molecule has 0 saturated carbocycles. The number of rotatable bonds is 4. The highest BCUT2D eigenvalue weighted by atomic mass is 19.3. The van der Waals surface area contributed by atoms with E-state index in [2.05, 4.69) is 5.32 Å². The number of hydrogen-bond acceptors (Lipinski definition) is 4. The van der Waals surface area contributed by atoms with E-state index in [-0.39, 0.29) is 13.2 Å². The second kappa shape index (κ2) is 7.40. The summed E-state index contributed by atoms with van der Waals surface area (Å²) in [6, 6.07) is 2.96. The van der Waals surface area contributed by atoms with E-state index in [4.69, 9.17) is 9.47 Å². The Kier molecular flexibility index (Phi) is 5.25. The van der Waals surface area contributed by atoms with Crippen LogP contribution in [0.5, 0.6) is 5.75 Å². The third kappa shape index (κ3) is 3.81. The molecule has 132 valence electrons. The third-order valence-electron chi connectivity index (χ3n) is 4.24. The molecule has 5 nitrogen and oxygen atoms in total. The second-order valence-corrected chi connectivity index (χ2v) is 5.86. The monoisotopic (exact) mass is 344 g/mol. The number of benzene rings is 1. The minimum Gasteiger partial charge on any atom is -0.493 e. The summed E-state index contributed by atoms with van der Waals surface area (Å²) < 4.78 is 49.6. The molecule has 2 atom stereocenters. The highest BCUT2D eigenvalue weighted by Gasteiger charge is 2.33. The van der Waals surface area contributed by atoms with E-state index in [0.29, 0.717) is 30.9 Å². The first-order chi connectivity index (χ1) is 11.5. The SMILES string of the molecule is O=C(NC1CCOc2ccc(F)cc21)C1COCCN1CC(F)F. The number of alkyl halides is 2. The van der Waals surface area contributed by atoms with Crippen LogP contribution in [-0.4, -0.2) is 56.2 Å². The summed E-state index contributed by atoms with van der Waals surface area (Å²) in [6.45, 7) is 0.590. The molecule has 0 radical (unpaired) electrons. The average Bonchev–Trinajstić information content (AvgIpc) is 2.55. The number of carbonyl (C=O) groups is 1. The number of amides is 1. The quantitative estimate of drug-likeness (QED) is 0.904. The summed E-state index contributed by atoms with van der Waals surface area (Å²) in [5.74, 6) is -0.284. The van der Waals surface area contributed by atoms with Crippen molar-refractivity contribution in [1.29, 1.82) is 0 Å². The molecule has 1 saturated heterocycles. The van der Waals surface area contributed by atoms with Crippen LogP contribution in [0.2, 0.25) is 0 Å². The van der Waals surface area contributed by atoms with Crippen LogP contribution in [0.25, 0.3) is 0 Å². The van der Waals surface area contributed by atoms with Gasteiger partial charge in [0.25, 0.3) is 6.43 Å². The lowest BCUT2D eigenvalue weighted by Gasteiger charge is -2.35. The van der Waals surface area contributed by atoms with Crippen LogP contribution in [-0.2, 0) is 9.53 Å². The lowest BCUT2D eigenvalue weighted by Crippen LogP contribution is -2.55. The van der Waals surface area contributed by atoms with Crippen LogP contribution in [0, 0.1) is 5.82 Å². The first-order valence-electron chi connectivity index (χ1n) is 7.87. The topological polar surface area (TPSA) is 50.8 Å². The summed E-state index contributed by atoms with van der Waals surface area (Å²) in [5, 5.41) is 2.82. The minimum absolute atomic E-state index is 0.0672. The molecule has 1 aromatic rings. The van der Waals surface area contributed by atoms with E-state index < -0.39 is 36.8 Å². The van der Waals surface area contributed by atoms with Gasteiger partial charge < -0.3 is 14.8 Å². The summed E-state index contributed by atoms with van der Waals surface area (Å²) in [6.07, 6.45) is -2.03. The van der Waals surface area contributed by atoms with Crippen molar-refractivity contribution in [2.75, 3.05) is 32.9 Å². The van der Waals surface area contributed by atoms with Crippen LogP contribution < -0.4 is 10.1 Å². The van der Waals surface area contributed by atoms with E-state index >= 15 is 0 Å². The Morgan fingerprint density at radius 3 is 3.00 bits per heavy atom. The normalized spacial score (nSPS) is 24.3. The fraction of sp³-hybridized carbons (Fsp3) is 0.562. The summed E-state index contributed by atoms with van der Waals surface area (Å²) >= 11 is 0. The zero-order chi connectivity index (χ0) is 17.1. The van der Waals surface area contributed by atoms with Gasteiger partial charge in [0, 0.05) is 18.5 Å². The highest BCUT2D eigenvalue weighted by molar-refractivity contribution is 5.82. The average molecular weight is 344 g/mol. The number of fused-ring (bicyclic) bond motifs is 1. The van der Waals surface area contributed by atoms with Gasteiger partial charge in [-0.2, -0.15) is 0 Å². The largest absolute Gasteiger partial charge is 0.493 e. The maximum absolute atomic E-state index is 13.5. The Balaban J connectivity index is 1.71. The first kappa shape index (κ1) is 17.0. The molecule has 0 aromatic heterocycles. The van der Waals surface area contributed by atoms with E-state index in [1.165, 1.54) is 23.1 Å². The van der Waals surface area contributed by atoms with Crippen molar-refractivity contribution in [2.24, 2.45) is 0 Å². The van der Waals surface area contributed by atoms with Gasteiger partial charge in [-0.15, -0.1) is 0 Å². The Hall–Kier alpha value is -1.80. The van der Waals surface area contributed by atoms with Crippen molar-refractivity contribution in [3.8, 4) is 5.75 Å². The number of nitrogens with one attached hydrogen (secondary N) is 1. The number of nitrogens with zero attached hydrogens (tertiary/aromatic N) is 1. The second-order valence-electron chi connectivity index (χ2n) is 5.86. The molecular weight excluding hydrogens is 325 g/mol. The maximum atomic E-state index is 13.5. The number of carbonyl (C=O) groups excluding carboxylic acids is 1. The molecule has 2 unspecified atom stereocenters. The molecule has 2 aliphatic heterocycles.